The monoisotopic (exact) mass is 222 g/mol. The van der Waals surface area contributed by atoms with Crippen LogP contribution in [0.5, 0.6) is 0 Å². The summed E-state index contributed by atoms with van der Waals surface area (Å²) in [4.78, 5) is 14.7. The summed E-state index contributed by atoms with van der Waals surface area (Å²) in [7, 11) is 0. The highest BCUT2D eigenvalue weighted by molar-refractivity contribution is 4.96. The summed E-state index contributed by atoms with van der Waals surface area (Å²) in [6.45, 7) is 1.03. The van der Waals surface area contributed by atoms with Crippen LogP contribution in [0, 0.1) is 0 Å². The summed E-state index contributed by atoms with van der Waals surface area (Å²) in [6, 6.07) is 0.592. The molecule has 1 unspecified atom stereocenters. The number of nitrogens with zero attached hydrogens (tertiary/aromatic N) is 2. The van der Waals surface area contributed by atoms with Crippen molar-refractivity contribution in [2.45, 2.75) is 50.6 Å². The maximum absolute atomic E-state index is 11.8. The Hall–Kier alpha value is -1.10. The number of hydrogen-bond donors (Lipinski definition) is 2. The Morgan fingerprint density at radius 1 is 1.19 bits per heavy atom. The van der Waals surface area contributed by atoms with Gasteiger partial charge in [0, 0.05) is 0 Å². The van der Waals surface area contributed by atoms with Crippen molar-refractivity contribution in [1.29, 1.82) is 0 Å². The van der Waals surface area contributed by atoms with Gasteiger partial charge < -0.3 is 5.32 Å². The van der Waals surface area contributed by atoms with E-state index >= 15 is 0 Å². The molecule has 2 heterocycles. The molecule has 1 saturated carbocycles. The van der Waals surface area contributed by atoms with Gasteiger partial charge in [0.1, 0.15) is 5.82 Å². The largest absolute Gasteiger partial charge is 0.343 e. The Bertz CT molecular complexity index is 410. The van der Waals surface area contributed by atoms with Gasteiger partial charge in [0.05, 0.1) is 12.1 Å². The normalized spacial score (nSPS) is 26.6. The van der Waals surface area contributed by atoms with Gasteiger partial charge in [-0.25, -0.2) is 9.48 Å². The van der Waals surface area contributed by atoms with Gasteiger partial charge in [-0.05, 0) is 32.2 Å². The van der Waals surface area contributed by atoms with E-state index in [-0.39, 0.29) is 11.7 Å². The van der Waals surface area contributed by atoms with Crippen molar-refractivity contribution in [3.63, 3.8) is 0 Å². The van der Waals surface area contributed by atoms with Gasteiger partial charge in [0.2, 0.25) is 0 Å². The summed E-state index contributed by atoms with van der Waals surface area (Å²) in [6.07, 6.45) is 6.90. The predicted octanol–water partition coefficient (Wildman–Crippen LogP) is 1.11. The summed E-state index contributed by atoms with van der Waals surface area (Å²) < 4.78 is 1.67. The first kappa shape index (κ1) is 10.1. The third-order valence-corrected chi connectivity index (χ3v) is 3.72. The zero-order chi connectivity index (χ0) is 11.0. The lowest BCUT2D eigenvalue weighted by atomic mass is 10.2. The number of aromatic nitrogens is 3. The van der Waals surface area contributed by atoms with E-state index in [2.05, 4.69) is 15.4 Å². The van der Waals surface area contributed by atoms with Crippen molar-refractivity contribution in [2.24, 2.45) is 0 Å². The van der Waals surface area contributed by atoms with Crippen molar-refractivity contribution < 1.29 is 0 Å². The molecule has 0 bridgehead atoms. The van der Waals surface area contributed by atoms with E-state index in [1.807, 2.05) is 0 Å². The molecule has 1 aliphatic heterocycles. The fourth-order valence-corrected chi connectivity index (χ4v) is 2.82. The number of hydrogen-bond acceptors (Lipinski definition) is 3. The van der Waals surface area contributed by atoms with Crippen molar-refractivity contribution in [3.8, 4) is 0 Å². The fraction of sp³-hybridized carbons (Fsp3) is 0.818. The Morgan fingerprint density at radius 2 is 2.00 bits per heavy atom. The molecular formula is C11H18N4O. The van der Waals surface area contributed by atoms with Crippen LogP contribution >= 0.6 is 0 Å². The van der Waals surface area contributed by atoms with Crippen molar-refractivity contribution in [2.75, 3.05) is 6.54 Å². The minimum absolute atomic E-state index is 0.0319. The van der Waals surface area contributed by atoms with Crippen LogP contribution in [0.4, 0.5) is 0 Å². The summed E-state index contributed by atoms with van der Waals surface area (Å²) in [5.74, 6) is 0.828. The molecule has 0 amide bonds. The highest BCUT2D eigenvalue weighted by Crippen LogP contribution is 2.28. The zero-order valence-corrected chi connectivity index (χ0v) is 9.41. The summed E-state index contributed by atoms with van der Waals surface area (Å²) in [5, 5.41) is 7.82. The van der Waals surface area contributed by atoms with E-state index in [1.54, 1.807) is 4.68 Å². The zero-order valence-electron chi connectivity index (χ0n) is 9.41. The Balaban J connectivity index is 1.85. The Morgan fingerprint density at radius 3 is 2.69 bits per heavy atom. The van der Waals surface area contributed by atoms with Gasteiger partial charge in [-0.2, -0.15) is 5.10 Å². The van der Waals surface area contributed by atoms with Crippen molar-refractivity contribution >= 4 is 0 Å². The second-order valence-corrected chi connectivity index (χ2v) is 4.85. The molecule has 16 heavy (non-hydrogen) atoms. The minimum atomic E-state index is -0.0319. The van der Waals surface area contributed by atoms with E-state index in [9.17, 15) is 4.79 Å². The molecular weight excluding hydrogens is 204 g/mol. The molecule has 1 saturated heterocycles. The minimum Gasteiger partial charge on any atom is -0.307 e. The number of rotatable bonds is 2. The van der Waals surface area contributed by atoms with Gasteiger partial charge in [-0.15, -0.1) is 0 Å². The maximum atomic E-state index is 11.8. The molecule has 5 nitrogen and oxygen atoms in total. The third-order valence-electron chi connectivity index (χ3n) is 3.72. The van der Waals surface area contributed by atoms with Gasteiger partial charge >= 0.3 is 5.69 Å². The molecule has 88 valence electrons. The fourth-order valence-electron chi connectivity index (χ4n) is 2.82. The molecule has 1 aromatic heterocycles. The first-order valence-electron chi connectivity index (χ1n) is 6.27. The lowest BCUT2D eigenvalue weighted by molar-refractivity contribution is 0.444. The quantitative estimate of drug-likeness (QED) is 0.788. The third kappa shape index (κ3) is 1.69. The second kappa shape index (κ2) is 4.05. The van der Waals surface area contributed by atoms with Crippen LogP contribution < -0.4 is 11.0 Å². The van der Waals surface area contributed by atoms with Crippen LogP contribution in [0.2, 0.25) is 0 Å². The van der Waals surface area contributed by atoms with Gasteiger partial charge in [-0.1, -0.05) is 12.8 Å². The van der Waals surface area contributed by atoms with Gasteiger partial charge in [0.15, 0.2) is 0 Å². The highest BCUT2D eigenvalue weighted by atomic mass is 16.2. The SMILES string of the molecule is O=c1[nH]c(C2CCCN2)nn1C1CCCC1. The predicted molar refractivity (Wildman–Crippen MR) is 60.3 cm³/mol. The molecule has 1 atom stereocenters. The summed E-state index contributed by atoms with van der Waals surface area (Å²) in [5.41, 5.74) is -0.0319. The second-order valence-electron chi connectivity index (χ2n) is 4.85. The number of nitrogens with one attached hydrogen (secondary N) is 2. The van der Waals surface area contributed by atoms with E-state index in [1.165, 1.54) is 19.3 Å². The molecule has 3 rings (SSSR count). The maximum Gasteiger partial charge on any atom is 0.343 e. The van der Waals surface area contributed by atoms with E-state index < -0.39 is 0 Å². The van der Waals surface area contributed by atoms with E-state index in [0.29, 0.717) is 6.04 Å². The summed E-state index contributed by atoms with van der Waals surface area (Å²) >= 11 is 0. The smallest absolute Gasteiger partial charge is 0.307 e. The average Bonchev–Trinajstić information content (AvgIpc) is 2.97. The van der Waals surface area contributed by atoms with Crippen molar-refractivity contribution in [3.05, 3.63) is 16.3 Å². The molecule has 0 radical (unpaired) electrons. The number of H-pyrrole nitrogens is 1. The standard InChI is InChI=1S/C11H18N4O/c16-11-13-10(9-6-3-7-12-9)14-15(11)8-4-1-2-5-8/h8-9,12H,1-7H2,(H,13,14,16). The highest BCUT2D eigenvalue weighted by Gasteiger charge is 2.24. The van der Waals surface area contributed by atoms with Gasteiger partial charge in [-0.3, -0.25) is 4.98 Å². The van der Waals surface area contributed by atoms with Crippen LogP contribution in [0.25, 0.3) is 0 Å². The molecule has 2 fully saturated rings. The topological polar surface area (TPSA) is 62.7 Å². The molecule has 5 heteroatoms. The van der Waals surface area contributed by atoms with Crippen LogP contribution in [0.3, 0.4) is 0 Å². The van der Waals surface area contributed by atoms with Gasteiger partial charge in [0.25, 0.3) is 0 Å². The first-order valence-corrected chi connectivity index (χ1v) is 6.27. The molecule has 1 aliphatic carbocycles. The number of aromatic amines is 1. The van der Waals surface area contributed by atoms with Crippen molar-refractivity contribution in [1.82, 2.24) is 20.1 Å². The first-order chi connectivity index (χ1) is 7.84. The lowest BCUT2D eigenvalue weighted by Crippen LogP contribution is -2.21. The Labute approximate surface area is 94.2 Å². The van der Waals surface area contributed by atoms with Crippen LogP contribution in [0.15, 0.2) is 4.79 Å². The molecule has 0 aromatic carbocycles. The van der Waals surface area contributed by atoms with E-state index in [0.717, 1.165) is 31.6 Å². The van der Waals surface area contributed by atoms with E-state index in [4.69, 9.17) is 0 Å². The van der Waals surface area contributed by atoms with Crippen LogP contribution in [-0.2, 0) is 0 Å². The lowest BCUT2D eigenvalue weighted by Gasteiger charge is -2.08. The molecule has 0 spiro atoms. The van der Waals surface area contributed by atoms with Crippen LogP contribution in [-0.4, -0.2) is 21.3 Å². The van der Waals surface area contributed by atoms with Crippen LogP contribution in [0.1, 0.15) is 56.4 Å². The molecule has 2 N–H and O–H groups in total. The average molecular weight is 222 g/mol. The molecule has 2 aliphatic rings. The molecule has 1 aromatic rings. The Kier molecular flexibility index (Phi) is 2.55.